The summed E-state index contributed by atoms with van der Waals surface area (Å²) in [7, 11) is 0. The molecule has 0 fully saturated rings. The van der Waals surface area contributed by atoms with Crippen LogP contribution < -0.4 is 10.5 Å². The number of aryl methyl sites for hydroxylation is 1. The number of benzene rings is 2. The first kappa shape index (κ1) is 13.1. The summed E-state index contributed by atoms with van der Waals surface area (Å²) in [5.74, 6) is 0.350. The monoisotopic (exact) mass is 259 g/mol. The van der Waals surface area contributed by atoms with Gasteiger partial charge in [-0.1, -0.05) is 6.07 Å². The summed E-state index contributed by atoms with van der Waals surface area (Å²) in [5.41, 5.74) is 7.03. The molecule has 0 unspecified atom stereocenters. The van der Waals surface area contributed by atoms with Crippen molar-refractivity contribution < 1.29 is 13.9 Å². The molecule has 0 saturated heterocycles. The zero-order chi connectivity index (χ0) is 14.0. The van der Waals surface area contributed by atoms with Crippen LogP contribution in [-0.4, -0.2) is 5.78 Å². The van der Waals surface area contributed by atoms with E-state index >= 15 is 0 Å². The van der Waals surface area contributed by atoms with Gasteiger partial charge < -0.3 is 10.5 Å². The van der Waals surface area contributed by atoms with E-state index in [0.29, 0.717) is 28.3 Å². The molecule has 0 aromatic heterocycles. The lowest BCUT2D eigenvalue weighted by atomic mass is 10.1. The molecule has 2 aromatic rings. The van der Waals surface area contributed by atoms with E-state index < -0.39 is 0 Å². The highest BCUT2D eigenvalue weighted by atomic mass is 19.1. The number of halogens is 1. The molecule has 2 N–H and O–H groups in total. The standard InChI is InChI=1S/C15H14FNO2/c1-9-3-4-12(8-14(9)16)19-11-5-6-15(17)13(7-11)10(2)18/h3-8H,17H2,1-2H3. The average Bonchev–Trinajstić information content (AvgIpc) is 2.36. The van der Waals surface area contributed by atoms with Gasteiger partial charge in [0, 0.05) is 17.3 Å². The van der Waals surface area contributed by atoms with E-state index in [9.17, 15) is 9.18 Å². The molecule has 0 aliphatic carbocycles. The zero-order valence-corrected chi connectivity index (χ0v) is 10.7. The van der Waals surface area contributed by atoms with E-state index in [4.69, 9.17) is 10.5 Å². The highest BCUT2D eigenvalue weighted by Crippen LogP contribution is 2.26. The molecule has 0 bridgehead atoms. The first-order valence-corrected chi connectivity index (χ1v) is 5.82. The van der Waals surface area contributed by atoms with E-state index in [1.807, 2.05) is 0 Å². The lowest BCUT2D eigenvalue weighted by Crippen LogP contribution is -1.99. The first-order chi connectivity index (χ1) is 8.97. The number of rotatable bonds is 3. The summed E-state index contributed by atoms with van der Waals surface area (Å²) in [6.07, 6.45) is 0. The lowest BCUT2D eigenvalue weighted by molar-refractivity contribution is 0.101. The number of Topliss-reactive ketones (excluding diaryl/α,β-unsaturated/α-hetero) is 1. The molecule has 0 saturated carbocycles. The molecule has 0 radical (unpaired) electrons. The molecule has 98 valence electrons. The lowest BCUT2D eigenvalue weighted by Gasteiger charge is -2.09. The van der Waals surface area contributed by atoms with Crippen molar-refractivity contribution >= 4 is 11.5 Å². The number of anilines is 1. The Hall–Kier alpha value is -2.36. The van der Waals surface area contributed by atoms with Crippen molar-refractivity contribution in [2.75, 3.05) is 5.73 Å². The van der Waals surface area contributed by atoms with Crippen LogP contribution in [0.3, 0.4) is 0 Å². The van der Waals surface area contributed by atoms with Gasteiger partial charge in [-0.3, -0.25) is 4.79 Å². The van der Waals surface area contributed by atoms with Crippen LogP contribution in [0.1, 0.15) is 22.8 Å². The quantitative estimate of drug-likeness (QED) is 0.675. The SMILES string of the molecule is CC(=O)c1cc(Oc2ccc(C)c(F)c2)ccc1N. The summed E-state index contributed by atoms with van der Waals surface area (Å²) in [6, 6.07) is 9.39. The molecule has 2 rings (SSSR count). The van der Waals surface area contributed by atoms with Crippen LogP contribution in [0, 0.1) is 12.7 Å². The predicted octanol–water partition coefficient (Wildman–Crippen LogP) is 3.71. The van der Waals surface area contributed by atoms with Gasteiger partial charge in [0.1, 0.15) is 17.3 Å². The van der Waals surface area contributed by atoms with Crippen molar-refractivity contribution in [1.82, 2.24) is 0 Å². The van der Waals surface area contributed by atoms with Crippen molar-refractivity contribution in [3.05, 3.63) is 53.3 Å². The second-order valence-electron chi connectivity index (χ2n) is 4.32. The number of nitrogen functional groups attached to an aromatic ring is 1. The Labute approximate surface area is 110 Å². The fraction of sp³-hybridized carbons (Fsp3) is 0.133. The molecule has 0 amide bonds. The van der Waals surface area contributed by atoms with Crippen LogP contribution in [0.2, 0.25) is 0 Å². The van der Waals surface area contributed by atoms with Gasteiger partial charge >= 0.3 is 0 Å². The van der Waals surface area contributed by atoms with Gasteiger partial charge in [-0.15, -0.1) is 0 Å². The highest BCUT2D eigenvalue weighted by Gasteiger charge is 2.08. The van der Waals surface area contributed by atoms with E-state index in [2.05, 4.69) is 0 Å². The molecular formula is C15H14FNO2. The summed E-state index contributed by atoms with van der Waals surface area (Å²) >= 11 is 0. The smallest absolute Gasteiger partial charge is 0.162 e. The van der Waals surface area contributed by atoms with E-state index in [0.717, 1.165) is 0 Å². The Morgan fingerprint density at radius 1 is 1.16 bits per heavy atom. The minimum absolute atomic E-state index is 0.141. The molecule has 0 heterocycles. The number of carbonyl (C=O) groups is 1. The second-order valence-corrected chi connectivity index (χ2v) is 4.32. The Kier molecular flexibility index (Phi) is 3.51. The van der Waals surface area contributed by atoms with Gasteiger partial charge in [0.25, 0.3) is 0 Å². The zero-order valence-electron chi connectivity index (χ0n) is 10.7. The van der Waals surface area contributed by atoms with Crippen molar-refractivity contribution in [3.63, 3.8) is 0 Å². The predicted molar refractivity (Wildman–Crippen MR) is 72.1 cm³/mol. The van der Waals surface area contributed by atoms with Crippen molar-refractivity contribution in [3.8, 4) is 11.5 Å². The number of hydrogen-bond donors (Lipinski definition) is 1. The topological polar surface area (TPSA) is 52.3 Å². The van der Waals surface area contributed by atoms with Gasteiger partial charge in [0.15, 0.2) is 5.78 Å². The Morgan fingerprint density at radius 2 is 1.79 bits per heavy atom. The number of hydrogen-bond acceptors (Lipinski definition) is 3. The van der Waals surface area contributed by atoms with Gasteiger partial charge in [-0.25, -0.2) is 4.39 Å². The van der Waals surface area contributed by atoms with Gasteiger partial charge in [-0.05, 0) is 43.7 Å². The normalized spacial score (nSPS) is 10.3. The fourth-order valence-corrected chi connectivity index (χ4v) is 1.68. The maximum absolute atomic E-state index is 13.4. The molecule has 0 aliphatic rings. The van der Waals surface area contributed by atoms with Crippen molar-refractivity contribution in [2.45, 2.75) is 13.8 Å². The molecule has 3 nitrogen and oxygen atoms in total. The summed E-state index contributed by atoms with van der Waals surface area (Å²) in [6.45, 7) is 3.11. The highest BCUT2D eigenvalue weighted by molar-refractivity contribution is 5.99. The van der Waals surface area contributed by atoms with Crippen LogP contribution in [0.25, 0.3) is 0 Å². The second kappa shape index (κ2) is 5.10. The molecule has 0 aliphatic heterocycles. The molecule has 19 heavy (non-hydrogen) atoms. The maximum atomic E-state index is 13.4. The molecule has 0 atom stereocenters. The average molecular weight is 259 g/mol. The third-order valence-corrected chi connectivity index (χ3v) is 2.78. The number of ether oxygens (including phenoxy) is 1. The van der Waals surface area contributed by atoms with E-state index in [-0.39, 0.29) is 11.6 Å². The molecule has 0 spiro atoms. The van der Waals surface area contributed by atoms with Crippen LogP contribution in [-0.2, 0) is 0 Å². The third kappa shape index (κ3) is 2.91. The van der Waals surface area contributed by atoms with Crippen LogP contribution in [0.4, 0.5) is 10.1 Å². The summed E-state index contributed by atoms with van der Waals surface area (Å²) in [4.78, 5) is 11.4. The third-order valence-electron chi connectivity index (χ3n) is 2.78. The maximum Gasteiger partial charge on any atom is 0.162 e. The first-order valence-electron chi connectivity index (χ1n) is 5.82. The van der Waals surface area contributed by atoms with Gasteiger partial charge in [0.05, 0.1) is 0 Å². The van der Waals surface area contributed by atoms with E-state index in [1.54, 1.807) is 37.3 Å². The van der Waals surface area contributed by atoms with Crippen molar-refractivity contribution in [2.24, 2.45) is 0 Å². The van der Waals surface area contributed by atoms with E-state index in [1.165, 1.54) is 13.0 Å². The Balaban J connectivity index is 2.30. The summed E-state index contributed by atoms with van der Waals surface area (Å²) < 4.78 is 18.9. The molecule has 4 heteroatoms. The molecule has 2 aromatic carbocycles. The van der Waals surface area contributed by atoms with Gasteiger partial charge in [-0.2, -0.15) is 0 Å². The Morgan fingerprint density at radius 3 is 2.42 bits per heavy atom. The summed E-state index contributed by atoms with van der Waals surface area (Å²) in [5, 5.41) is 0. The molecular weight excluding hydrogens is 245 g/mol. The minimum Gasteiger partial charge on any atom is -0.457 e. The minimum atomic E-state index is -0.334. The van der Waals surface area contributed by atoms with Crippen LogP contribution in [0.5, 0.6) is 11.5 Å². The van der Waals surface area contributed by atoms with Gasteiger partial charge in [0.2, 0.25) is 0 Å². The fourth-order valence-electron chi connectivity index (χ4n) is 1.68. The van der Waals surface area contributed by atoms with Crippen LogP contribution in [0.15, 0.2) is 36.4 Å². The number of carbonyl (C=O) groups excluding carboxylic acids is 1. The van der Waals surface area contributed by atoms with Crippen LogP contribution >= 0.6 is 0 Å². The largest absolute Gasteiger partial charge is 0.457 e. The number of ketones is 1. The number of nitrogens with two attached hydrogens (primary N) is 1. The van der Waals surface area contributed by atoms with Crippen molar-refractivity contribution in [1.29, 1.82) is 0 Å². The Bertz CT molecular complexity index is 638.